The summed E-state index contributed by atoms with van der Waals surface area (Å²) in [5.41, 5.74) is 2.56. The minimum atomic E-state index is -0.323. The first kappa shape index (κ1) is 9.21. The smallest absolute Gasteiger partial charge is 0.160 e. The van der Waals surface area contributed by atoms with Gasteiger partial charge in [-0.1, -0.05) is 15.9 Å². The second-order valence-electron chi connectivity index (χ2n) is 1.89. The molecule has 0 aliphatic carbocycles. The van der Waals surface area contributed by atoms with Crippen LogP contribution in [0.2, 0.25) is 0 Å². The molecule has 0 aromatic heterocycles. The number of halogens is 3. The molecule has 0 aliphatic rings. The van der Waals surface area contributed by atoms with Gasteiger partial charge in [0.25, 0.3) is 0 Å². The van der Waals surface area contributed by atoms with Gasteiger partial charge >= 0.3 is 0 Å². The van der Waals surface area contributed by atoms with Crippen LogP contribution in [0.3, 0.4) is 0 Å². The molecule has 0 bridgehead atoms. The van der Waals surface area contributed by atoms with E-state index in [1.807, 2.05) is 22.6 Å². The van der Waals surface area contributed by atoms with Crippen molar-refractivity contribution in [2.45, 2.75) is 0 Å². The Labute approximate surface area is 85.6 Å². The second-order valence-corrected chi connectivity index (χ2v) is 3.97. The molecule has 0 spiro atoms. The van der Waals surface area contributed by atoms with Gasteiger partial charge in [-0.3, -0.25) is 5.84 Å². The van der Waals surface area contributed by atoms with Crippen molar-refractivity contribution in [3.8, 4) is 0 Å². The quantitative estimate of drug-likeness (QED) is 0.359. The fourth-order valence-corrected chi connectivity index (χ4v) is 2.17. The fraction of sp³-hybridized carbons (Fsp3) is 0. The average molecular weight is 331 g/mol. The van der Waals surface area contributed by atoms with E-state index in [0.29, 0.717) is 9.26 Å². The maximum atomic E-state index is 13.0. The van der Waals surface area contributed by atoms with Crippen LogP contribution in [0.4, 0.5) is 10.1 Å². The predicted molar refractivity (Wildman–Crippen MR) is 54.6 cm³/mol. The highest BCUT2D eigenvalue weighted by Crippen LogP contribution is 2.24. The fourth-order valence-electron chi connectivity index (χ4n) is 0.661. The zero-order valence-corrected chi connectivity index (χ0v) is 9.11. The molecule has 0 amide bonds. The van der Waals surface area contributed by atoms with E-state index < -0.39 is 0 Å². The van der Waals surface area contributed by atoms with Crippen LogP contribution in [-0.4, -0.2) is 0 Å². The molecule has 60 valence electrons. The van der Waals surface area contributed by atoms with Gasteiger partial charge in [0.15, 0.2) is 5.82 Å². The van der Waals surface area contributed by atoms with Gasteiger partial charge < -0.3 is 5.43 Å². The molecule has 1 rings (SSSR count). The number of hydrazine groups is 1. The Morgan fingerprint density at radius 1 is 1.55 bits per heavy atom. The van der Waals surface area contributed by atoms with Gasteiger partial charge in [0.05, 0.1) is 9.26 Å². The normalized spacial score (nSPS) is 9.82. The van der Waals surface area contributed by atoms with E-state index in [4.69, 9.17) is 5.84 Å². The van der Waals surface area contributed by atoms with Crippen molar-refractivity contribution in [2.24, 2.45) is 5.84 Å². The first-order valence-electron chi connectivity index (χ1n) is 2.76. The van der Waals surface area contributed by atoms with Crippen molar-refractivity contribution in [1.29, 1.82) is 0 Å². The zero-order valence-electron chi connectivity index (χ0n) is 5.37. The van der Waals surface area contributed by atoms with Gasteiger partial charge in [-0.2, -0.15) is 0 Å². The Balaban J connectivity index is 3.24. The van der Waals surface area contributed by atoms with E-state index in [0.717, 1.165) is 4.47 Å². The number of hydrogen-bond acceptors (Lipinski definition) is 2. The van der Waals surface area contributed by atoms with Crippen LogP contribution in [0.15, 0.2) is 16.6 Å². The minimum absolute atomic E-state index is 0.295. The molecule has 0 unspecified atom stereocenters. The molecule has 1 aromatic rings. The monoisotopic (exact) mass is 330 g/mol. The van der Waals surface area contributed by atoms with E-state index >= 15 is 0 Å². The van der Waals surface area contributed by atoms with Crippen LogP contribution in [0.1, 0.15) is 0 Å². The van der Waals surface area contributed by atoms with Gasteiger partial charge in [0, 0.05) is 4.47 Å². The summed E-state index contributed by atoms with van der Waals surface area (Å²) >= 11 is 5.12. The molecule has 0 fully saturated rings. The van der Waals surface area contributed by atoms with Gasteiger partial charge in [0.1, 0.15) is 0 Å². The number of nitrogens with two attached hydrogens (primary N) is 1. The Morgan fingerprint density at radius 3 is 2.73 bits per heavy atom. The van der Waals surface area contributed by atoms with E-state index in [1.54, 1.807) is 12.1 Å². The summed E-state index contributed by atoms with van der Waals surface area (Å²) in [6.07, 6.45) is 0. The largest absolute Gasteiger partial charge is 0.321 e. The zero-order chi connectivity index (χ0) is 8.43. The van der Waals surface area contributed by atoms with Crippen LogP contribution in [0, 0.1) is 9.39 Å². The summed E-state index contributed by atoms with van der Waals surface area (Å²) in [5, 5.41) is 0. The highest BCUT2D eigenvalue weighted by molar-refractivity contribution is 14.1. The number of anilines is 1. The summed E-state index contributed by atoms with van der Waals surface area (Å²) < 4.78 is 14.3. The van der Waals surface area contributed by atoms with Crippen molar-refractivity contribution >= 4 is 44.2 Å². The Morgan fingerprint density at radius 2 is 2.18 bits per heavy atom. The van der Waals surface area contributed by atoms with Crippen LogP contribution in [0.25, 0.3) is 0 Å². The molecule has 0 atom stereocenters. The molecule has 0 saturated heterocycles. The van der Waals surface area contributed by atoms with Crippen molar-refractivity contribution in [3.05, 3.63) is 26.0 Å². The van der Waals surface area contributed by atoms with E-state index in [-0.39, 0.29) is 5.82 Å². The summed E-state index contributed by atoms with van der Waals surface area (Å²) in [6.45, 7) is 0. The molecule has 0 radical (unpaired) electrons. The predicted octanol–water partition coefficient (Wildman–Crippen LogP) is 2.48. The van der Waals surface area contributed by atoms with Crippen LogP contribution < -0.4 is 11.3 Å². The molecule has 1 aromatic carbocycles. The first-order valence-corrected chi connectivity index (χ1v) is 4.63. The highest BCUT2D eigenvalue weighted by atomic mass is 127. The third kappa shape index (κ3) is 2.03. The third-order valence-electron chi connectivity index (χ3n) is 1.15. The second kappa shape index (κ2) is 3.68. The lowest BCUT2D eigenvalue weighted by Crippen LogP contribution is -2.09. The average Bonchev–Trinajstić information content (AvgIpc) is 1.96. The van der Waals surface area contributed by atoms with Gasteiger partial charge in [-0.25, -0.2) is 4.39 Å². The van der Waals surface area contributed by atoms with Crippen molar-refractivity contribution < 1.29 is 4.39 Å². The van der Waals surface area contributed by atoms with E-state index in [9.17, 15) is 4.39 Å². The lowest BCUT2D eigenvalue weighted by Gasteiger charge is -2.03. The lowest BCUT2D eigenvalue weighted by atomic mass is 10.3. The number of nitrogen functional groups attached to an aromatic ring is 1. The first-order chi connectivity index (χ1) is 5.15. The molecule has 11 heavy (non-hydrogen) atoms. The topological polar surface area (TPSA) is 38.0 Å². The minimum Gasteiger partial charge on any atom is -0.321 e. The van der Waals surface area contributed by atoms with Crippen LogP contribution >= 0.6 is 38.5 Å². The summed E-state index contributed by atoms with van der Waals surface area (Å²) in [4.78, 5) is 0. The number of nitrogens with one attached hydrogen (secondary N) is 1. The standard InChI is InChI=1S/C6H5BrFIN2/c7-3-1-4(9)6(8)5(2-3)11-10/h1-2,11H,10H2. The van der Waals surface area contributed by atoms with Crippen LogP contribution in [0.5, 0.6) is 0 Å². The van der Waals surface area contributed by atoms with Gasteiger partial charge in [0.2, 0.25) is 0 Å². The third-order valence-corrected chi connectivity index (χ3v) is 2.39. The number of benzene rings is 1. The number of hydrogen-bond donors (Lipinski definition) is 2. The SMILES string of the molecule is NNc1cc(Br)cc(I)c1F. The molecular formula is C6H5BrFIN2. The van der Waals surface area contributed by atoms with Gasteiger partial charge in [-0.05, 0) is 34.7 Å². The Hall–Kier alpha value is 0.120. The molecule has 0 heterocycles. The van der Waals surface area contributed by atoms with Crippen molar-refractivity contribution in [3.63, 3.8) is 0 Å². The molecular weight excluding hydrogens is 326 g/mol. The molecule has 0 saturated carbocycles. The maximum absolute atomic E-state index is 13.0. The lowest BCUT2D eigenvalue weighted by molar-refractivity contribution is 0.623. The molecule has 5 heteroatoms. The highest BCUT2D eigenvalue weighted by Gasteiger charge is 2.05. The summed E-state index contributed by atoms with van der Waals surface area (Å²) in [6, 6.07) is 3.26. The molecule has 0 aliphatic heterocycles. The Bertz CT molecular complexity index is 280. The maximum Gasteiger partial charge on any atom is 0.160 e. The summed E-state index contributed by atoms with van der Waals surface area (Å²) in [5.74, 6) is 4.75. The number of rotatable bonds is 1. The van der Waals surface area contributed by atoms with Crippen molar-refractivity contribution in [2.75, 3.05) is 5.43 Å². The summed E-state index contributed by atoms with van der Waals surface area (Å²) in [7, 11) is 0. The molecule has 3 N–H and O–H groups in total. The van der Waals surface area contributed by atoms with Gasteiger partial charge in [-0.15, -0.1) is 0 Å². The van der Waals surface area contributed by atoms with Crippen molar-refractivity contribution in [1.82, 2.24) is 0 Å². The van der Waals surface area contributed by atoms with E-state index in [2.05, 4.69) is 21.4 Å². The Kier molecular flexibility index (Phi) is 3.08. The van der Waals surface area contributed by atoms with Crippen LogP contribution in [-0.2, 0) is 0 Å². The molecule has 2 nitrogen and oxygen atoms in total. The van der Waals surface area contributed by atoms with E-state index in [1.165, 1.54) is 0 Å².